The van der Waals surface area contributed by atoms with E-state index in [4.69, 9.17) is 11.6 Å². The Morgan fingerprint density at radius 1 is 1.07 bits per heavy atom. The second kappa shape index (κ2) is 12.5. The normalized spacial score (nSPS) is 17.9. The summed E-state index contributed by atoms with van der Waals surface area (Å²) in [7, 11) is 0. The third-order valence-electron chi connectivity index (χ3n) is 8.94. The van der Waals surface area contributed by atoms with Crippen molar-refractivity contribution >= 4 is 33.9 Å². The smallest absolute Gasteiger partial charge is 0.110 e. The lowest BCUT2D eigenvalue weighted by Crippen LogP contribution is -2.46. The number of benzene rings is 1. The van der Waals surface area contributed by atoms with Crippen molar-refractivity contribution in [3.63, 3.8) is 0 Å². The first-order valence-electron chi connectivity index (χ1n) is 15.4. The minimum atomic E-state index is -0.299. The van der Waals surface area contributed by atoms with E-state index >= 15 is 0 Å². The number of fused-ring (bicyclic) bond motifs is 1. The number of nitriles is 1. The first-order chi connectivity index (χ1) is 20.8. The number of aromatic nitrogens is 5. The zero-order valence-electron chi connectivity index (χ0n) is 25.2. The van der Waals surface area contributed by atoms with Gasteiger partial charge in [0.2, 0.25) is 0 Å². The monoisotopic (exact) mass is 597 g/mol. The lowest BCUT2D eigenvalue weighted by atomic mass is 9.94. The molecule has 0 radical (unpaired) electrons. The van der Waals surface area contributed by atoms with Crippen LogP contribution in [0.2, 0.25) is 5.02 Å². The van der Waals surface area contributed by atoms with Crippen molar-refractivity contribution < 1.29 is 0 Å². The van der Waals surface area contributed by atoms with E-state index in [1.54, 1.807) is 12.4 Å². The summed E-state index contributed by atoms with van der Waals surface area (Å²) in [4.78, 5) is 11.5. The van der Waals surface area contributed by atoms with Crippen molar-refractivity contribution in [2.24, 2.45) is 0 Å². The molecule has 2 aliphatic rings. The molecule has 4 heterocycles. The van der Waals surface area contributed by atoms with Crippen LogP contribution in [-0.4, -0.2) is 54.5 Å². The Morgan fingerprint density at radius 3 is 2.56 bits per heavy atom. The van der Waals surface area contributed by atoms with Gasteiger partial charge in [-0.3, -0.25) is 14.9 Å². The van der Waals surface area contributed by atoms with E-state index in [0.29, 0.717) is 28.2 Å². The molecule has 6 rings (SSSR count). The van der Waals surface area contributed by atoms with Crippen LogP contribution >= 0.6 is 11.6 Å². The van der Waals surface area contributed by atoms with Crippen molar-refractivity contribution in [3.05, 3.63) is 70.9 Å². The molecule has 1 aromatic carbocycles. The molecule has 0 unspecified atom stereocenters. The molecule has 0 amide bonds. The third-order valence-corrected chi connectivity index (χ3v) is 9.23. The molecule has 43 heavy (non-hydrogen) atoms. The second-order valence-corrected chi connectivity index (χ2v) is 13.3. The van der Waals surface area contributed by atoms with Crippen LogP contribution in [0, 0.1) is 11.3 Å². The summed E-state index contributed by atoms with van der Waals surface area (Å²) in [6, 6.07) is 10.6. The predicted octanol–water partition coefficient (Wildman–Crippen LogP) is 7.13. The molecule has 2 N–H and O–H groups in total. The minimum absolute atomic E-state index is 0.171. The maximum Gasteiger partial charge on any atom is 0.110 e. The number of rotatable bonds is 7. The molecule has 1 atom stereocenters. The van der Waals surface area contributed by atoms with Crippen LogP contribution in [0.25, 0.3) is 10.9 Å². The summed E-state index contributed by atoms with van der Waals surface area (Å²) in [5.74, 6) is 0. The summed E-state index contributed by atoms with van der Waals surface area (Å²) < 4.78 is 2.03. The SMILES string of the molecule is CC(C)(C)N1CCC(n2cc([C@@H](Nc3cc(Cl)c4ncc(C#N)c(NC5CCCCC5)c4c3)c3cccnc3)nn2)CC1. The fourth-order valence-corrected chi connectivity index (χ4v) is 6.75. The molecule has 9 nitrogen and oxygen atoms in total. The Morgan fingerprint density at radius 2 is 1.86 bits per heavy atom. The second-order valence-electron chi connectivity index (χ2n) is 12.9. The van der Waals surface area contributed by atoms with Crippen molar-refractivity contribution in [3.8, 4) is 6.07 Å². The van der Waals surface area contributed by atoms with Gasteiger partial charge >= 0.3 is 0 Å². The van der Waals surface area contributed by atoms with Gasteiger partial charge in [0.15, 0.2) is 0 Å². The van der Waals surface area contributed by atoms with Crippen molar-refractivity contribution in [1.29, 1.82) is 5.26 Å². The molecule has 1 saturated heterocycles. The molecule has 4 aromatic rings. The van der Waals surface area contributed by atoms with Gasteiger partial charge in [0.05, 0.1) is 40.1 Å². The number of nitrogens with one attached hydrogen (secondary N) is 2. The van der Waals surface area contributed by atoms with E-state index in [0.717, 1.165) is 66.8 Å². The van der Waals surface area contributed by atoms with Gasteiger partial charge in [0, 0.05) is 54.3 Å². The number of anilines is 2. The lowest BCUT2D eigenvalue weighted by molar-refractivity contribution is 0.0866. The van der Waals surface area contributed by atoms with Gasteiger partial charge in [-0.05, 0) is 70.2 Å². The highest BCUT2D eigenvalue weighted by Crippen LogP contribution is 2.37. The Bertz CT molecular complexity index is 1590. The van der Waals surface area contributed by atoms with Gasteiger partial charge in [-0.25, -0.2) is 4.68 Å². The van der Waals surface area contributed by atoms with E-state index in [1.165, 1.54) is 19.3 Å². The number of hydrogen-bond donors (Lipinski definition) is 2. The molecule has 2 fully saturated rings. The van der Waals surface area contributed by atoms with Gasteiger partial charge in [-0.15, -0.1) is 5.10 Å². The standard InChI is InChI=1S/C33H40ClN9/c1-33(2,3)42-14-11-26(12-15-42)43-21-29(40-41-43)31(22-8-7-13-36-19-22)39-25-16-27-30(38-24-9-5-4-6-10-24)23(18-35)20-37-32(27)28(34)17-25/h7-8,13,16-17,19-21,24,26,31,39H,4-6,9-12,14-15H2,1-3H3,(H,37,38)/t31-/m0/s1. The van der Waals surface area contributed by atoms with Gasteiger partial charge in [-0.1, -0.05) is 42.1 Å². The number of halogens is 1. The van der Waals surface area contributed by atoms with Gasteiger partial charge in [-0.2, -0.15) is 5.26 Å². The molecular weight excluding hydrogens is 558 g/mol. The molecule has 224 valence electrons. The van der Waals surface area contributed by atoms with Crippen molar-refractivity contribution in [2.45, 2.75) is 89.4 Å². The summed E-state index contributed by atoms with van der Waals surface area (Å²) in [6.45, 7) is 8.90. The zero-order chi connectivity index (χ0) is 30.0. The average molecular weight is 598 g/mol. The number of piperidine rings is 1. The van der Waals surface area contributed by atoms with Gasteiger partial charge in [0.1, 0.15) is 11.8 Å². The molecule has 1 aliphatic carbocycles. The Hall–Kier alpha value is -3.74. The maximum atomic E-state index is 9.95. The lowest BCUT2D eigenvalue weighted by Gasteiger charge is -2.40. The first-order valence-corrected chi connectivity index (χ1v) is 15.8. The highest BCUT2D eigenvalue weighted by molar-refractivity contribution is 6.35. The van der Waals surface area contributed by atoms with Crippen LogP contribution < -0.4 is 10.6 Å². The molecule has 3 aromatic heterocycles. The Kier molecular flexibility index (Phi) is 8.51. The quantitative estimate of drug-likeness (QED) is 0.232. The van der Waals surface area contributed by atoms with Gasteiger partial charge in [0.25, 0.3) is 0 Å². The highest BCUT2D eigenvalue weighted by Gasteiger charge is 2.29. The largest absolute Gasteiger partial charge is 0.381 e. The van der Waals surface area contributed by atoms with Crippen LogP contribution in [0.4, 0.5) is 11.4 Å². The van der Waals surface area contributed by atoms with E-state index in [1.807, 2.05) is 35.1 Å². The summed E-state index contributed by atoms with van der Waals surface area (Å²) in [5.41, 5.74) is 4.76. The summed E-state index contributed by atoms with van der Waals surface area (Å²) >= 11 is 6.84. The number of nitrogens with zero attached hydrogens (tertiary/aromatic N) is 7. The number of likely N-dealkylation sites (tertiary alicyclic amines) is 1. The number of hydrogen-bond acceptors (Lipinski definition) is 8. The molecule has 0 bridgehead atoms. The van der Waals surface area contributed by atoms with E-state index in [2.05, 4.69) is 68.9 Å². The molecule has 10 heteroatoms. The Balaban J connectivity index is 1.32. The minimum Gasteiger partial charge on any atom is -0.381 e. The van der Waals surface area contributed by atoms with Gasteiger partial charge < -0.3 is 10.6 Å². The van der Waals surface area contributed by atoms with E-state index < -0.39 is 0 Å². The van der Waals surface area contributed by atoms with Crippen LogP contribution in [0.5, 0.6) is 0 Å². The average Bonchev–Trinajstić information content (AvgIpc) is 3.51. The maximum absolute atomic E-state index is 9.95. The van der Waals surface area contributed by atoms with Crippen LogP contribution in [0.15, 0.2) is 49.1 Å². The topological polar surface area (TPSA) is 108 Å². The molecule has 1 aliphatic heterocycles. The predicted molar refractivity (Wildman–Crippen MR) is 171 cm³/mol. The third kappa shape index (κ3) is 6.46. The Labute approximate surface area is 258 Å². The van der Waals surface area contributed by atoms with Crippen molar-refractivity contribution in [2.75, 3.05) is 23.7 Å². The summed E-state index contributed by atoms with van der Waals surface area (Å²) in [5, 5.41) is 27.9. The van der Waals surface area contributed by atoms with E-state index in [9.17, 15) is 5.26 Å². The van der Waals surface area contributed by atoms with Crippen molar-refractivity contribution in [1.82, 2.24) is 29.9 Å². The van der Waals surface area contributed by atoms with E-state index in [-0.39, 0.29) is 11.6 Å². The number of pyridine rings is 2. The molecule has 0 spiro atoms. The highest BCUT2D eigenvalue weighted by atomic mass is 35.5. The fourth-order valence-electron chi connectivity index (χ4n) is 6.48. The van der Waals surface area contributed by atoms with Crippen LogP contribution in [-0.2, 0) is 0 Å². The van der Waals surface area contributed by atoms with Crippen LogP contribution in [0.1, 0.15) is 94.6 Å². The van der Waals surface area contributed by atoms with Crippen LogP contribution in [0.3, 0.4) is 0 Å². The molecule has 1 saturated carbocycles. The molecular formula is C33H40ClN9. The summed E-state index contributed by atoms with van der Waals surface area (Å²) in [6.07, 6.45) is 15.2. The first kappa shape index (κ1) is 29.3. The zero-order valence-corrected chi connectivity index (χ0v) is 26.0. The fraction of sp³-hybridized carbons (Fsp3) is 0.485.